The van der Waals surface area contributed by atoms with Crippen LogP contribution in [0.4, 0.5) is 5.69 Å². The first kappa shape index (κ1) is 13.4. The Morgan fingerprint density at radius 2 is 2.00 bits per heavy atom. The predicted octanol–water partition coefficient (Wildman–Crippen LogP) is 3.34. The van der Waals surface area contributed by atoms with Crippen molar-refractivity contribution in [2.75, 3.05) is 11.4 Å². The van der Waals surface area contributed by atoms with Gasteiger partial charge in [-0.05, 0) is 30.2 Å². The summed E-state index contributed by atoms with van der Waals surface area (Å²) >= 11 is 0. The van der Waals surface area contributed by atoms with Crippen molar-refractivity contribution in [3.05, 3.63) is 72.3 Å². The number of carbonyl (C=O) groups excluding carboxylic acids is 1. The molecule has 106 valence electrons. The van der Waals surface area contributed by atoms with Crippen LogP contribution < -0.4 is 9.64 Å². The van der Waals surface area contributed by atoms with Gasteiger partial charge in [0, 0.05) is 12.1 Å². The van der Waals surface area contributed by atoms with E-state index in [-0.39, 0.29) is 5.91 Å². The number of nitrogens with zero attached hydrogens (tertiary/aromatic N) is 1. The van der Waals surface area contributed by atoms with Crippen molar-refractivity contribution >= 4 is 11.6 Å². The van der Waals surface area contributed by atoms with E-state index in [0.717, 1.165) is 29.0 Å². The van der Waals surface area contributed by atoms with Crippen molar-refractivity contribution in [1.82, 2.24) is 0 Å². The van der Waals surface area contributed by atoms with E-state index in [1.165, 1.54) is 6.08 Å². The molecule has 0 saturated heterocycles. The molecule has 0 unspecified atom stereocenters. The van der Waals surface area contributed by atoms with Crippen molar-refractivity contribution in [2.45, 2.75) is 13.0 Å². The molecule has 21 heavy (non-hydrogen) atoms. The summed E-state index contributed by atoms with van der Waals surface area (Å²) in [6.07, 6.45) is 2.17. The number of hydrogen-bond acceptors (Lipinski definition) is 2. The lowest BCUT2D eigenvalue weighted by Crippen LogP contribution is -2.26. The van der Waals surface area contributed by atoms with E-state index in [1.807, 2.05) is 48.5 Å². The van der Waals surface area contributed by atoms with Crippen molar-refractivity contribution in [3.8, 4) is 5.75 Å². The Hall–Kier alpha value is -2.55. The molecule has 2 aromatic rings. The monoisotopic (exact) mass is 279 g/mol. The van der Waals surface area contributed by atoms with Gasteiger partial charge in [-0.25, -0.2) is 0 Å². The van der Waals surface area contributed by atoms with Crippen molar-refractivity contribution in [3.63, 3.8) is 0 Å². The molecule has 3 nitrogen and oxygen atoms in total. The highest BCUT2D eigenvalue weighted by molar-refractivity contribution is 6.02. The zero-order valence-electron chi connectivity index (χ0n) is 11.8. The minimum absolute atomic E-state index is 0.0611. The molecule has 0 radical (unpaired) electrons. The molecular weight excluding hydrogens is 262 g/mol. The highest BCUT2D eigenvalue weighted by Gasteiger charge is 2.25. The molecule has 0 fully saturated rings. The lowest BCUT2D eigenvalue weighted by Gasteiger charge is -2.16. The lowest BCUT2D eigenvalue weighted by molar-refractivity contribution is -0.114. The van der Waals surface area contributed by atoms with Gasteiger partial charge in [0.2, 0.25) is 5.91 Å². The van der Waals surface area contributed by atoms with Crippen LogP contribution in [0, 0.1) is 0 Å². The molecule has 0 bridgehead atoms. The van der Waals surface area contributed by atoms with Crippen LogP contribution in [0.2, 0.25) is 0 Å². The Morgan fingerprint density at radius 3 is 2.76 bits per heavy atom. The molecule has 2 aromatic carbocycles. The van der Waals surface area contributed by atoms with E-state index < -0.39 is 0 Å². The standard InChI is InChI=1S/C18H17NO2/c1-2-18(20)19-12-11-15-16(19)9-6-10-17(15)21-13-14-7-4-3-5-8-14/h2-10H,1,11-13H2. The van der Waals surface area contributed by atoms with Crippen LogP contribution in [0.25, 0.3) is 0 Å². The van der Waals surface area contributed by atoms with Crippen LogP contribution in [0.15, 0.2) is 61.2 Å². The summed E-state index contributed by atoms with van der Waals surface area (Å²) in [7, 11) is 0. The Balaban J connectivity index is 1.81. The van der Waals surface area contributed by atoms with Crippen molar-refractivity contribution < 1.29 is 9.53 Å². The fraction of sp³-hybridized carbons (Fsp3) is 0.167. The van der Waals surface area contributed by atoms with Crippen LogP contribution in [-0.4, -0.2) is 12.5 Å². The van der Waals surface area contributed by atoms with E-state index in [2.05, 4.69) is 6.58 Å². The second-order valence-corrected chi connectivity index (χ2v) is 4.97. The fourth-order valence-corrected chi connectivity index (χ4v) is 2.61. The third-order valence-corrected chi connectivity index (χ3v) is 3.66. The van der Waals surface area contributed by atoms with Gasteiger partial charge in [0.15, 0.2) is 0 Å². The average Bonchev–Trinajstić information content (AvgIpc) is 2.97. The van der Waals surface area contributed by atoms with E-state index >= 15 is 0 Å². The van der Waals surface area contributed by atoms with Gasteiger partial charge in [-0.15, -0.1) is 0 Å². The molecule has 3 heteroatoms. The summed E-state index contributed by atoms with van der Waals surface area (Å²) in [5, 5.41) is 0. The van der Waals surface area contributed by atoms with Crippen LogP contribution in [0.1, 0.15) is 11.1 Å². The third-order valence-electron chi connectivity index (χ3n) is 3.66. The lowest BCUT2D eigenvalue weighted by atomic mass is 10.1. The van der Waals surface area contributed by atoms with Gasteiger partial charge >= 0.3 is 0 Å². The molecule has 1 aliphatic rings. The average molecular weight is 279 g/mol. The second-order valence-electron chi connectivity index (χ2n) is 4.97. The summed E-state index contributed by atoms with van der Waals surface area (Å²) in [6, 6.07) is 15.9. The van der Waals surface area contributed by atoms with E-state index in [0.29, 0.717) is 13.2 Å². The highest BCUT2D eigenvalue weighted by Crippen LogP contribution is 2.35. The second kappa shape index (κ2) is 5.83. The largest absolute Gasteiger partial charge is 0.489 e. The molecule has 1 amide bonds. The SMILES string of the molecule is C=CC(=O)N1CCc2c(OCc3ccccc3)cccc21. The maximum atomic E-state index is 11.8. The van der Waals surface area contributed by atoms with Crippen molar-refractivity contribution in [1.29, 1.82) is 0 Å². The van der Waals surface area contributed by atoms with Crippen LogP contribution in [0.3, 0.4) is 0 Å². The molecule has 1 heterocycles. The molecule has 0 atom stereocenters. The Kier molecular flexibility index (Phi) is 3.73. The van der Waals surface area contributed by atoms with Crippen LogP contribution in [-0.2, 0) is 17.8 Å². The number of rotatable bonds is 4. The number of benzene rings is 2. The summed E-state index contributed by atoms with van der Waals surface area (Å²) in [5.74, 6) is 0.796. The maximum Gasteiger partial charge on any atom is 0.250 e. The molecule has 1 aliphatic heterocycles. The van der Waals surface area contributed by atoms with Gasteiger partial charge in [-0.3, -0.25) is 4.79 Å². The maximum absolute atomic E-state index is 11.8. The molecular formula is C18H17NO2. The molecule has 3 rings (SSSR count). The summed E-state index contributed by atoms with van der Waals surface area (Å²) < 4.78 is 5.93. The minimum Gasteiger partial charge on any atom is -0.489 e. The van der Waals surface area contributed by atoms with Crippen LogP contribution in [0.5, 0.6) is 5.75 Å². The van der Waals surface area contributed by atoms with Gasteiger partial charge in [0.25, 0.3) is 0 Å². The molecule has 0 saturated carbocycles. The summed E-state index contributed by atoms with van der Waals surface area (Å²) in [4.78, 5) is 13.6. The van der Waals surface area contributed by atoms with E-state index in [9.17, 15) is 4.79 Å². The molecule has 0 spiro atoms. The topological polar surface area (TPSA) is 29.5 Å². The summed E-state index contributed by atoms with van der Waals surface area (Å²) in [5.41, 5.74) is 3.17. The minimum atomic E-state index is -0.0611. The molecule has 0 aromatic heterocycles. The molecule has 0 N–H and O–H groups in total. The smallest absolute Gasteiger partial charge is 0.250 e. The zero-order valence-corrected chi connectivity index (χ0v) is 11.8. The van der Waals surface area contributed by atoms with E-state index in [4.69, 9.17) is 4.74 Å². The number of hydrogen-bond donors (Lipinski definition) is 0. The van der Waals surface area contributed by atoms with Gasteiger partial charge in [-0.2, -0.15) is 0 Å². The third kappa shape index (κ3) is 2.68. The van der Waals surface area contributed by atoms with Gasteiger partial charge < -0.3 is 9.64 Å². The molecule has 0 aliphatic carbocycles. The quantitative estimate of drug-likeness (QED) is 0.803. The zero-order chi connectivity index (χ0) is 14.7. The first-order valence-corrected chi connectivity index (χ1v) is 7.02. The Labute approximate surface area is 124 Å². The Morgan fingerprint density at radius 1 is 1.19 bits per heavy atom. The highest BCUT2D eigenvalue weighted by atomic mass is 16.5. The normalized spacial score (nSPS) is 12.9. The number of carbonyl (C=O) groups is 1. The fourth-order valence-electron chi connectivity index (χ4n) is 2.61. The first-order valence-electron chi connectivity index (χ1n) is 7.02. The van der Waals surface area contributed by atoms with Crippen molar-refractivity contribution in [2.24, 2.45) is 0 Å². The number of anilines is 1. The summed E-state index contributed by atoms with van der Waals surface area (Å²) in [6.45, 7) is 4.77. The van der Waals surface area contributed by atoms with Gasteiger partial charge in [0.1, 0.15) is 12.4 Å². The van der Waals surface area contributed by atoms with Gasteiger partial charge in [-0.1, -0.05) is 43.0 Å². The van der Waals surface area contributed by atoms with E-state index in [1.54, 1.807) is 4.90 Å². The van der Waals surface area contributed by atoms with Crippen LogP contribution >= 0.6 is 0 Å². The predicted molar refractivity (Wildman–Crippen MR) is 83.5 cm³/mol. The number of amides is 1. The first-order chi connectivity index (χ1) is 10.3. The number of ether oxygens (including phenoxy) is 1. The van der Waals surface area contributed by atoms with Gasteiger partial charge in [0.05, 0.1) is 5.69 Å². The number of fused-ring (bicyclic) bond motifs is 1. The Bertz CT molecular complexity index is 664.